The van der Waals surface area contributed by atoms with Gasteiger partial charge in [-0.25, -0.2) is 4.79 Å². The van der Waals surface area contributed by atoms with E-state index in [9.17, 15) is 19.2 Å². The quantitative estimate of drug-likeness (QED) is 0.513. The Labute approximate surface area is 136 Å². The highest BCUT2D eigenvalue weighted by Gasteiger charge is 2.30. The van der Waals surface area contributed by atoms with Crippen molar-refractivity contribution >= 4 is 24.3 Å². The molecule has 1 unspecified atom stereocenters. The van der Waals surface area contributed by atoms with Crippen LogP contribution in [0.1, 0.15) is 48.0 Å². The molecule has 0 spiro atoms. The smallest absolute Gasteiger partial charge is 0.329 e. The maximum Gasteiger partial charge on any atom is 0.329 e. The van der Waals surface area contributed by atoms with Gasteiger partial charge in [0, 0.05) is 0 Å². The summed E-state index contributed by atoms with van der Waals surface area (Å²) in [5.41, 5.74) is -1.48. The summed E-state index contributed by atoms with van der Waals surface area (Å²) in [6, 6.07) is -1.19. The van der Waals surface area contributed by atoms with Gasteiger partial charge in [0.1, 0.15) is 17.2 Å². The molecule has 2 amide bonds. The molecular weight excluding hydrogens is 304 g/mol. The van der Waals surface area contributed by atoms with E-state index in [-0.39, 0.29) is 13.0 Å². The molecule has 0 radical (unpaired) electrons. The van der Waals surface area contributed by atoms with Crippen LogP contribution < -0.4 is 10.6 Å². The minimum absolute atomic E-state index is 0.308. The van der Waals surface area contributed by atoms with E-state index in [1.807, 2.05) is 0 Å². The molecule has 0 fully saturated rings. The Bertz CT molecular complexity index is 448. The number of hydrogen-bond acceptors (Lipinski definition) is 6. The van der Waals surface area contributed by atoms with Crippen molar-refractivity contribution in [2.24, 2.45) is 0 Å². The van der Waals surface area contributed by atoms with Crippen LogP contribution in [-0.4, -0.2) is 48.0 Å². The lowest BCUT2D eigenvalue weighted by atomic mass is 10.1. The summed E-state index contributed by atoms with van der Waals surface area (Å²) >= 11 is 0. The summed E-state index contributed by atoms with van der Waals surface area (Å²) in [5.74, 6) is -2.00. The van der Waals surface area contributed by atoms with Crippen molar-refractivity contribution in [1.82, 2.24) is 10.6 Å². The average Bonchev–Trinajstić information content (AvgIpc) is 2.31. The summed E-state index contributed by atoms with van der Waals surface area (Å²) in [5, 5.41) is 4.53. The Morgan fingerprint density at radius 2 is 1.52 bits per heavy atom. The van der Waals surface area contributed by atoms with E-state index < -0.39 is 35.1 Å². The lowest BCUT2D eigenvalue weighted by Gasteiger charge is -2.25. The predicted molar refractivity (Wildman–Crippen MR) is 82.3 cm³/mol. The zero-order chi connectivity index (χ0) is 18.3. The molecule has 0 aromatic heterocycles. The third-order valence-corrected chi connectivity index (χ3v) is 2.16. The van der Waals surface area contributed by atoms with Gasteiger partial charge in [0.05, 0.1) is 13.0 Å². The molecule has 2 N–H and O–H groups in total. The number of esters is 2. The molecule has 0 heterocycles. The van der Waals surface area contributed by atoms with Gasteiger partial charge in [-0.15, -0.1) is 0 Å². The predicted octanol–water partition coefficient (Wildman–Crippen LogP) is 0.291. The molecule has 0 aliphatic heterocycles. The molecule has 0 aromatic carbocycles. The van der Waals surface area contributed by atoms with Crippen LogP contribution in [0.2, 0.25) is 0 Å². The minimum atomic E-state index is -1.19. The van der Waals surface area contributed by atoms with Crippen molar-refractivity contribution in [2.45, 2.75) is 65.2 Å². The van der Waals surface area contributed by atoms with Crippen molar-refractivity contribution in [3.05, 3.63) is 0 Å². The molecule has 132 valence electrons. The van der Waals surface area contributed by atoms with E-state index in [4.69, 9.17) is 9.47 Å². The first kappa shape index (κ1) is 20.9. The van der Waals surface area contributed by atoms with Gasteiger partial charge in [0.25, 0.3) is 0 Å². The number of nitrogens with one attached hydrogen (secondary N) is 2. The van der Waals surface area contributed by atoms with Gasteiger partial charge in [-0.05, 0) is 41.5 Å². The summed E-state index contributed by atoms with van der Waals surface area (Å²) < 4.78 is 10.3. The maximum atomic E-state index is 12.1. The molecule has 0 saturated carbocycles. The molecule has 0 rings (SSSR count). The fourth-order valence-corrected chi connectivity index (χ4v) is 1.50. The van der Waals surface area contributed by atoms with E-state index in [0.717, 1.165) is 0 Å². The van der Waals surface area contributed by atoms with Crippen LogP contribution in [0.4, 0.5) is 0 Å². The first-order chi connectivity index (χ1) is 10.3. The van der Waals surface area contributed by atoms with E-state index >= 15 is 0 Å². The van der Waals surface area contributed by atoms with Crippen molar-refractivity contribution in [3.63, 3.8) is 0 Å². The largest absolute Gasteiger partial charge is 0.460 e. The SMILES string of the molecule is CC(C)(C)OC(=O)CC(NC(=O)CNC=O)C(=O)OC(C)(C)C. The molecule has 1 atom stereocenters. The Kier molecular flexibility index (Phi) is 7.71. The third-order valence-electron chi connectivity index (χ3n) is 2.16. The number of rotatable bonds is 7. The van der Waals surface area contributed by atoms with Gasteiger partial charge >= 0.3 is 11.9 Å². The van der Waals surface area contributed by atoms with Gasteiger partial charge in [-0.1, -0.05) is 0 Å². The Hall–Kier alpha value is -2.12. The Morgan fingerprint density at radius 1 is 1.00 bits per heavy atom. The van der Waals surface area contributed by atoms with Crippen LogP contribution in [0.5, 0.6) is 0 Å². The first-order valence-electron chi connectivity index (χ1n) is 7.25. The van der Waals surface area contributed by atoms with Gasteiger partial charge in [-0.3, -0.25) is 14.4 Å². The lowest BCUT2D eigenvalue weighted by Crippen LogP contribution is -2.48. The molecular formula is C15H26N2O6. The second-order valence-electron chi connectivity index (χ2n) is 6.94. The maximum absolute atomic E-state index is 12.1. The molecule has 0 aliphatic rings. The Morgan fingerprint density at radius 3 is 1.96 bits per heavy atom. The summed E-state index contributed by atoms with van der Waals surface area (Å²) in [7, 11) is 0. The monoisotopic (exact) mass is 330 g/mol. The third kappa shape index (κ3) is 11.1. The van der Waals surface area contributed by atoms with E-state index in [0.29, 0.717) is 6.41 Å². The van der Waals surface area contributed by atoms with Crippen molar-refractivity contribution in [1.29, 1.82) is 0 Å². The van der Waals surface area contributed by atoms with E-state index in [1.165, 1.54) is 0 Å². The number of amides is 2. The number of ether oxygens (including phenoxy) is 2. The highest BCUT2D eigenvalue weighted by molar-refractivity contribution is 5.89. The Balaban J connectivity index is 4.92. The van der Waals surface area contributed by atoms with Crippen LogP contribution in [-0.2, 0) is 28.7 Å². The highest BCUT2D eigenvalue weighted by atomic mass is 16.6. The normalized spacial score (nSPS) is 12.8. The summed E-state index contributed by atoms with van der Waals surface area (Å²) in [6.07, 6.45) is -0.00502. The zero-order valence-electron chi connectivity index (χ0n) is 14.5. The second kappa shape index (κ2) is 8.50. The molecule has 0 aliphatic carbocycles. The summed E-state index contributed by atoms with van der Waals surface area (Å²) in [4.78, 5) is 45.9. The molecule has 0 aromatic rings. The van der Waals surface area contributed by atoms with E-state index in [2.05, 4.69) is 10.6 Å². The molecule has 8 heteroatoms. The van der Waals surface area contributed by atoms with Crippen LogP contribution in [0.3, 0.4) is 0 Å². The summed E-state index contributed by atoms with van der Waals surface area (Å²) in [6.45, 7) is 9.79. The van der Waals surface area contributed by atoms with Crippen LogP contribution in [0.25, 0.3) is 0 Å². The molecule has 23 heavy (non-hydrogen) atoms. The van der Waals surface area contributed by atoms with Crippen LogP contribution >= 0.6 is 0 Å². The van der Waals surface area contributed by atoms with Gasteiger partial charge in [0.15, 0.2) is 0 Å². The number of carbonyl (C=O) groups is 4. The van der Waals surface area contributed by atoms with Gasteiger partial charge < -0.3 is 20.1 Å². The number of carbonyl (C=O) groups excluding carboxylic acids is 4. The fraction of sp³-hybridized carbons (Fsp3) is 0.733. The van der Waals surface area contributed by atoms with Gasteiger partial charge in [0.2, 0.25) is 12.3 Å². The number of hydrogen-bond donors (Lipinski definition) is 2. The fourth-order valence-electron chi connectivity index (χ4n) is 1.50. The molecule has 8 nitrogen and oxygen atoms in total. The minimum Gasteiger partial charge on any atom is -0.460 e. The standard InChI is InChI=1S/C15H26N2O6/c1-14(2,3)22-12(20)7-10(13(21)23-15(4,5)6)17-11(19)8-16-9-18/h9-10H,7-8H2,1-6H3,(H,16,18)(H,17,19). The highest BCUT2D eigenvalue weighted by Crippen LogP contribution is 2.13. The van der Waals surface area contributed by atoms with Crippen molar-refractivity contribution in [2.75, 3.05) is 6.54 Å². The van der Waals surface area contributed by atoms with Crippen LogP contribution in [0.15, 0.2) is 0 Å². The van der Waals surface area contributed by atoms with Crippen LogP contribution in [0, 0.1) is 0 Å². The molecule has 0 bridgehead atoms. The second-order valence-corrected chi connectivity index (χ2v) is 6.94. The first-order valence-corrected chi connectivity index (χ1v) is 7.25. The average molecular weight is 330 g/mol. The van der Waals surface area contributed by atoms with Crippen molar-refractivity contribution in [3.8, 4) is 0 Å². The van der Waals surface area contributed by atoms with Gasteiger partial charge in [-0.2, -0.15) is 0 Å². The zero-order valence-corrected chi connectivity index (χ0v) is 14.5. The van der Waals surface area contributed by atoms with E-state index in [1.54, 1.807) is 41.5 Å². The molecule has 0 saturated heterocycles. The topological polar surface area (TPSA) is 111 Å². The van der Waals surface area contributed by atoms with Crippen molar-refractivity contribution < 1.29 is 28.7 Å². The lowest BCUT2D eigenvalue weighted by molar-refractivity contribution is -0.165.